The van der Waals surface area contributed by atoms with Crippen LogP contribution in [0.5, 0.6) is 5.88 Å². The lowest BCUT2D eigenvalue weighted by molar-refractivity contribution is 0.0763. The van der Waals surface area contributed by atoms with Crippen LogP contribution < -0.4 is 4.74 Å². The third kappa shape index (κ3) is 4.80. The fraction of sp³-hybridized carbons (Fsp3) is 0.143. The maximum Gasteiger partial charge on any atom is 0.254 e. The number of nitrogens with zero attached hydrogens (tertiary/aromatic N) is 2. The zero-order chi connectivity index (χ0) is 18.2. The van der Waals surface area contributed by atoms with Gasteiger partial charge in [-0.25, -0.2) is 4.98 Å². The molecule has 4 nitrogen and oxygen atoms in total. The largest absolute Gasteiger partial charge is 0.473 e. The van der Waals surface area contributed by atoms with E-state index >= 15 is 0 Å². The number of carbonyl (C=O) groups excluding carboxylic acids is 1. The summed E-state index contributed by atoms with van der Waals surface area (Å²) in [6.07, 6.45) is 3.34. The third-order valence-corrected chi connectivity index (χ3v) is 4.64. The summed E-state index contributed by atoms with van der Waals surface area (Å²) in [5.41, 5.74) is 1.61. The first kappa shape index (κ1) is 17.9. The Balaban J connectivity index is 1.70. The molecule has 0 aliphatic rings. The van der Waals surface area contributed by atoms with E-state index in [0.29, 0.717) is 31.1 Å². The molecular weight excluding hydrogens is 344 g/mol. The molecule has 0 aliphatic heterocycles. The second kappa shape index (κ2) is 8.97. The average molecular weight is 364 g/mol. The van der Waals surface area contributed by atoms with E-state index in [1.807, 2.05) is 47.8 Å². The quantitative estimate of drug-likeness (QED) is 0.551. The molecule has 1 amide bonds. The summed E-state index contributed by atoms with van der Waals surface area (Å²) in [7, 11) is 0. The van der Waals surface area contributed by atoms with Crippen molar-refractivity contribution in [3.8, 4) is 5.88 Å². The molecule has 0 bridgehead atoms. The van der Waals surface area contributed by atoms with Crippen molar-refractivity contribution in [2.75, 3.05) is 6.54 Å². The predicted molar refractivity (Wildman–Crippen MR) is 104 cm³/mol. The number of hydrogen-bond donors (Lipinski definition) is 0. The summed E-state index contributed by atoms with van der Waals surface area (Å²) in [5, 5.41) is 2.01. The number of benzene rings is 1. The highest BCUT2D eigenvalue weighted by Gasteiger charge is 2.16. The number of thiophene rings is 1. The molecule has 2 heterocycles. The van der Waals surface area contributed by atoms with E-state index in [-0.39, 0.29) is 5.91 Å². The molecule has 0 radical (unpaired) electrons. The number of rotatable bonds is 8. The van der Waals surface area contributed by atoms with Gasteiger partial charge in [0.2, 0.25) is 5.88 Å². The normalized spacial score (nSPS) is 10.3. The first-order chi connectivity index (χ1) is 12.8. The minimum absolute atomic E-state index is 0.0646. The van der Waals surface area contributed by atoms with Gasteiger partial charge < -0.3 is 9.64 Å². The van der Waals surface area contributed by atoms with Gasteiger partial charge in [0.25, 0.3) is 5.91 Å². The minimum Gasteiger partial charge on any atom is -0.473 e. The van der Waals surface area contributed by atoms with Crippen molar-refractivity contribution >= 4 is 17.2 Å². The van der Waals surface area contributed by atoms with Crippen LogP contribution in [0.25, 0.3) is 0 Å². The van der Waals surface area contributed by atoms with Crippen molar-refractivity contribution in [2.45, 2.75) is 13.2 Å². The Morgan fingerprint density at radius 1 is 1.19 bits per heavy atom. The standard InChI is InChI=1S/C21H20N2O2S/c1-2-12-23(15-19-9-6-13-26-19)21(24)18-10-11-22-20(14-18)25-16-17-7-4-3-5-8-17/h2-11,13-14H,1,12,15-16H2. The van der Waals surface area contributed by atoms with Crippen molar-refractivity contribution in [1.29, 1.82) is 0 Å². The van der Waals surface area contributed by atoms with Crippen molar-refractivity contribution in [3.63, 3.8) is 0 Å². The van der Waals surface area contributed by atoms with Crippen LogP contribution in [0.1, 0.15) is 20.8 Å². The van der Waals surface area contributed by atoms with E-state index in [9.17, 15) is 4.79 Å². The van der Waals surface area contributed by atoms with E-state index in [1.165, 1.54) is 0 Å². The molecule has 1 aromatic carbocycles. The van der Waals surface area contributed by atoms with Gasteiger partial charge in [0.15, 0.2) is 0 Å². The number of carbonyl (C=O) groups is 1. The van der Waals surface area contributed by atoms with Crippen LogP contribution in [-0.2, 0) is 13.2 Å². The lowest BCUT2D eigenvalue weighted by Crippen LogP contribution is -2.30. The van der Waals surface area contributed by atoms with Crippen LogP contribution in [0, 0.1) is 0 Å². The van der Waals surface area contributed by atoms with Crippen molar-refractivity contribution in [2.24, 2.45) is 0 Å². The van der Waals surface area contributed by atoms with Gasteiger partial charge in [-0.2, -0.15) is 0 Å². The molecule has 0 unspecified atom stereocenters. The molecule has 0 atom stereocenters. The first-order valence-corrected chi connectivity index (χ1v) is 9.19. The molecule has 0 spiro atoms. The molecule has 0 saturated heterocycles. The number of aromatic nitrogens is 1. The van der Waals surface area contributed by atoms with Crippen LogP contribution in [0.4, 0.5) is 0 Å². The SMILES string of the molecule is C=CCN(Cc1cccs1)C(=O)c1ccnc(OCc2ccccc2)c1. The molecule has 26 heavy (non-hydrogen) atoms. The lowest BCUT2D eigenvalue weighted by atomic mass is 10.2. The highest BCUT2D eigenvalue weighted by molar-refractivity contribution is 7.09. The Hall–Kier alpha value is -2.92. The molecule has 3 aromatic rings. The van der Waals surface area contributed by atoms with Crippen LogP contribution in [0.3, 0.4) is 0 Å². The molecule has 132 valence electrons. The summed E-state index contributed by atoms with van der Waals surface area (Å²) in [6.45, 7) is 5.22. The van der Waals surface area contributed by atoms with Gasteiger partial charge in [-0.3, -0.25) is 4.79 Å². The Morgan fingerprint density at radius 2 is 2.04 bits per heavy atom. The summed E-state index contributed by atoms with van der Waals surface area (Å²) in [5.74, 6) is 0.375. The minimum atomic E-state index is -0.0646. The summed E-state index contributed by atoms with van der Waals surface area (Å²) >= 11 is 1.63. The Morgan fingerprint density at radius 3 is 2.77 bits per heavy atom. The van der Waals surface area contributed by atoms with E-state index in [4.69, 9.17) is 4.74 Å². The second-order valence-electron chi connectivity index (χ2n) is 5.71. The molecular formula is C21H20N2O2S. The summed E-state index contributed by atoms with van der Waals surface area (Å²) in [6, 6.07) is 17.3. The van der Waals surface area contributed by atoms with E-state index in [2.05, 4.69) is 11.6 Å². The maximum absolute atomic E-state index is 12.9. The third-order valence-electron chi connectivity index (χ3n) is 3.77. The monoisotopic (exact) mass is 364 g/mol. The Bertz CT molecular complexity index is 847. The summed E-state index contributed by atoms with van der Waals surface area (Å²) in [4.78, 5) is 20.0. The van der Waals surface area contributed by atoms with E-state index in [0.717, 1.165) is 10.4 Å². The molecule has 0 fully saturated rings. The fourth-order valence-corrected chi connectivity index (χ4v) is 3.22. The van der Waals surface area contributed by atoms with Gasteiger partial charge in [0, 0.05) is 29.2 Å². The zero-order valence-electron chi connectivity index (χ0n) is 14.4. The summed E-state index contributed by atoms with van der Waals surface area (Å²) < 4.78 is 5.73. The lowest BCUT2D eigenvalue weighted by Gasteiger charge is -2.20. The first-order valence-electron chi connectivity index (χ1n) is 8.31. The van der Waals surface area contributed by atoms with E-state index in [1.54, 1.807) is 40.6 Å². The predicted octanol–water partition coefficient (Wildman–Crippen LogP) is 4.55. The highest BCUT2D eigenvalue weighted by atomic mass is 32.1. The average Bonchev–Trinajstić information content (AvgIpc) is 3.20. The molecule has 0 N–H and O–H groups in total. The smallest absolute Gasteiger partial charge is 0.254 e. The maximum atomic E-state index is 12.9. The van der Waals surface area contributed by atoms with Crippen LogP contribution in [-0.4, -0.2) is 22.3 Å². The number of amides is 1. The second-order valence-corrected chi connectivity index (χ2v) is 6.74. The molecule has 0 aliphatic carbocycles. The zero-order valence-corrected chi connectivity index (χ0v) is 15.2. The van der Waals surface area contributed by atoms with Gasteiger partial charge >= 0.3 is 0 Å². The Labute approximate surface area is 157 Å². The molecule has 3 rings (SSSR count). The molecule has 0 saturated carbocycles. The van der Waals surface area contributed by atoms with Crippen LogP contribution >= 0.6 is 11.3 Å². The van der Waals surface area contributed by atoms with Crippen molar-refractivity contribution in [3.05, 3.63) is 94.8 Å². The molecule has 2 aromatic heterocycles. The number of pyridine rings is 1. The van der Waals surface area contributed by atoms with Gasteiger partial charge in [-0.05, 0) is 23.1 Å². The topological polar surface area (TPSA) is 42.4 Å². The number of ether oxygens (including phenoxy) is 1. The van der Waals surface area contributed by atoms with Gasteiger partial charge in [-0.15, -0.1) is 17.9 Å². The van der Waals surface area contributed by atoms with Gasteiger partial charge in [0.05, 0.1) is 6.54 Å². The fourth-order valence-electron chi connectivity index (χ4n) is 2.50. The Kier molecular flexibility index (Phi) is 6.17. The number of hydrogen-bond acceptors (Lipinski definition) is 4. The van der Waals surface area contributed by atoms with Crippen molar-refractivity contribution < 1.29 is 9.53 Å². The van der Waals surface area contributed by atoms with Crippen LogP contribution in [0.15, 0.2) is 78.8 Å². The van der Waals surface area contributed by atoms with Crippen LogP contribution in [0.2, 0.25) is 0 Å². The molecule has 5 heteroatoms. The van der Waals surface area contributed by atoms with Gasteiger partial charge in [-0.1, -0.05) is 42.5 Å². The van der Waals surface area contributed by atoms with Gasteiger partial charge in [0.1, 0.15) is 6.61 Å². The van der Waals surface area contributed by atoms with Crippen molar-refractivity contribution in [1.82, 2.24) is 9.88 Å². The van der Waals surface area contributed by atoms with E-state index < -0.39 is 0 Å². The highest BCUT2D eigenvalue weighted by Crippen LogP contribution is 2.17.